The number of hydrogen-bond acceptors (Lipinski definition) is 0. The third-order valence-corrected chi connectivity index (χ3v) is 5.41. The van der Waals surface area contributed by atoms with E-state index in [1.54, 1.807) is 0 Å². The Bertz CT molecular complexity index is 214. The van der Waals surface area contributed by atoms with Crippen molar-refractivity contribution < 1.29 is 0 Å². The molecule has 0 aliphatic heterocycles. The lowest BCUT2D eigenvalue weighted by molar-refractivity contribution is 0.611. The van der Waals surface area contributed by atoms with Crippen molar-refractivity contribution in [1.29, 1.82) is 0 Å². The normalized spacial score (nSPS) is 11.8. The predicted octanol–water partition coefficient (Wildman–Crippen LogP) is 7.55. The maximum atomic E-state index is 4.95. The molecule has 0 aromatic rings. The Labute approximate surface area is 141 Å². The van der Waals surface area contributed by atoms with Gasteiger partial charge in [0.15, 0.2) is 0 Å². The zero-order chi connectivity index (χ0) is 15.6. The van der Waals surface area contributed by atoms with Crippen LogP contribution in [0.3, 0.4) is 0 Å². The van der Waals surface area contributed by atoms with Crippen LogP contribution in [-0.4, -0.2) is 25.2 Å². The molecule has 0 N–H and O–H groups in total. The molecule has 0 unspecified atom stereocenters. The quantitative estimate of drug-likeness (QED) is 0.156. The van der Waals surface area contributed by atoms with Gasteiger partial charge in [0.1, 0.15) is 0 Å². The molecule has 0 bridgehead atoms. The van der Waals surface area contributed by atoms with Crippen LogP contribution in [0.1, 0.15) is 83.5 Å². The summed E-state index contributed by atoms with van der Waals surface area (Å²) in [5, 5.41) is 0. The van der Waals surface area contributed by atoms with Gasteiger partial charge in [0.05, 0.1) is 0 Å². The smallest absolute Gasteiger partial charge is 0.00369 e. The third kappa shape index (κ3) is 20.5. The first-order chi connectivity index (χ1) is 10.3. The molecule has 0 atom stereocenters. The van der Waals surface area contributed by atoms with E-state index >= 15 is 0 Å². The average Bonchev–Trinajstić information content (AvgIpc) is 2.46. The Kier molecular flexibility index (Phi) is 19.0. The van der Waals surface area contributed by atoms with Crippen LogP contribution in [0.25, 0.3) is 0 Å². The molecule has 0 rings (SSSR count). The summed E-state index contributed by atoms with van der Waals surface area (Å²) in [7, 11) is 0.343. The van der Waals surface area contributed by atoms with Gasteiger partial charge in [-0.15, -0.1) is 7.92 Å². The molecule has 0 aliphatic carbocycles. The molecule has 0 spiro atoms. The topological polar surface area (TPSA) is 0 Å². The molecule has 125 valence electrons. The van der Waals surface area contributed by atoms with Crippen molar-refractivity contribution in [3.8, 4) is 0 Å². The maximum Gasteiger partial charge on any atom is 0.00369 e. The van der Waals surface area contributed by atoms with E-state index < -0.39 is 0 Å². The third-order valence-electron chi connectivity index (χ3n) is 3.91. The minimum absolute atomic E-state index is 0.343. The maximum absolute atomic E-state index is 4.95. The van der Waals surface area contributed by atoms with Crippen molar-refractivity contribution in [2.45, 2.75) is 83.5 Å². The van der Waals surface area contributed by atoms with Gasteiger partial charge in [0.25, 0.3) is 0 Å². The minimum Gasteiger partial charge on any atom is -0.113 e. The van der Waals surface area contributed by atoms with Gasteiger partial charge in [0, 0.05) is 5.75 Å². The van der Waals surface area contributed by atoms with Crippen LogP contribution in [0.2, 0.25) is 0 Å². The fourth-order valence-corrected chi connectivity index (χ4v) is 3.59. The number of allylic oxidation sites excluding steroid dienone is 2. The Hall–Kier alpha value is 0.520. The van der Waals surface area contributed by atoms with E-state index in [0.29, 0.717) is 7.92 Å². The summed E-state index contributed by atoms with van der Waals surface area (Å²) in [6, 6.07) is 0. The van der Waals surface area contributed by atoms with Gasteiger partial charge in [-0.3, -0.25) is 0 Å². The minimum atomic E-state index is 0.343. The van der Waals surface area contributed by atoms with Gasteiger partial charge in [-0.05, 0) is 58.0 Å². The second kappa shape index (κ2) is 18.6. The molecule has 0 saturated heterocycles. The highest BCUT2D eigenvalue weighted by molar-refractivity contribution is 7.80. The van der Waals surface area contributed by atoms with E-state index in [1.165, 1.54) is 89.6 Å². The van der Waals surface area contributed by atoms with E-state index in [4.69, 9.17) is 12.6 Å². The van der Waals surface area contributed by atoms with Gasteiger partial charge >= 0.3 is 0 Å². The summed E-state index contributed by atoms with van der Waals surface area (Å²) in [4.78, 5) is 0. The predicted molar refractivity (Wildman–Crippen MR) is 105 cm³/mol. The fourth-order valence-electron chi connectivity index (χ4n) is 2.53. The molecule has 0 aliphatic rings. The van der Waals surface area contributed by atoms with Gasteiger partial charge in [-0.2, -0.15) is 0 Å². The summed E-state index contributed by atoms with van der Waals surface area (Å²) < 4.78 is 0. The highest BCUT2D eigenvalue weighted by Gasteiger charge is 1.94. The van der Waals surface area contributed by atoms with Crippen molar-refractivity contribution in [3.63, 3.8) is 0 Å². The van der Waals surface area contributed by atoms with Gasteiger partial charge in [0.2, 0.25) is 0 Å². The van der Waals surface area contributed by atoms with E-state index in [2.05, 4.69) is 25.5 Å². The summed E-state index contributed by atoms with van der Waals surface area (Å²) in [6.45, 7) is 4.78. The van der Waals surface area contributed by atoms with Crippen molar-refractivity contribution >= 4 is 20.6 Å². The Morgan fingerprint density at radius 3 is 1.52 bits per heavy atom. The number of unbranched alkanes of at least 4 members (excludes halogenated alkanes) is 11. The summed E-state index contributed by atoms with van der Waals surface area (Å²) in [6.07, 6.45) is 24.2. The summed E-state index contributed by atoms with van der Waals surface area (Å²) >= 11 is 4.95. The summed E-state index contributed by atoms with van der Waals surface area (Å²) in [5.41, 5.74) is 0. The molecular formula is C19H38PS. The van der Waals surface area contributed by atoms with Crippen LogP contribution >= 0.6 is 20.6 Å². The molecule has 0 nitrogen and oxygen atoms in total. The Balaban J connectivity index is 3.05. The molecule has 0 aromatic heterocycles. The van der Waals surface area contributed by atoms with Gasteiger partial charge in [-0.1, -0.05) is 69.7 Å². The number of rotatable bonds is 16. The molecule has 0 saturated carbocycles. The molecular weight excluding hydrogens is 291 g/mol. The van der Waals surface area contributed by atoms with Crippen LogP contribution in [0.15, 0.2) is 12.2 Å². The average molecular weight is 330 g/mol. The summed E-state index contributed by atoms with van der Waals surface area (Å²) in [5.74, 6) is 0.943. The van der Waals surface area contributed by atoms with Crippen LogP contribution in [0.4, 0.5) is 0 Å². The Morgan fingerprint density at radius 2 is 1.05 bits per heavy atom. The first-order valence-electron chi connectivity index (χ1n) is 9.15. The lowest BCUT2D eigenvalue weighted by Gasteiger charge is -2.04. The first kappa shape index (κ1) is 21.5. The molecule has 2 heteroatoms. The van der Waals surface area contributed by atoms with Crippen molar-refractivity contribution in [1.82, 2.24) is 0 Å². The second-order valence-electron chi connectivity index (χ2n) is 6.45. The van der Waals surface area contributed by atoms with Crippen LogP contribution in [0, 0.1) is 0 Å². The van der Waals surface area contributed by atoms with Crippen molar-refractivity contribution in [2.75, 3.05) is 25.2 Å². The highest BCUT2D eigenvalue weighted by atomic mass is 32.1. The largest absolute Gasteiger partial charge is 0.113 e. The van der Waals surface area contributed by atoms with Gasteiger partial charge in [-0.25, -0.2) is 0 Å². The van der Waals surface area contributed by atoms with E-state index in [9.17, 15) is 0 Å². The first-order valence-corrected chi connectivity index (χ1v) is 12.1. The van der Waals surface area contributed by atoms with Crippen LogP contribution in [0.5, 0.6) is 0 Å². The molecule has 0 heterocycles. The van der Waals surface area contributed by atoms with Crippen LogP contribution in [-0.2, 0) is 0 Å². The molecule has 21 heavy (non-hydrogen) atoms. The standard InChI is InChI=1S/C19H38PS/c1-20(2)18-16-14-12-10-8-6-4-3-5-7-9-11-13-15-17-19-21/h3,5H,4,6-19H2,1-2H3/b5-3-. The lowest BCUT2D eigenvalue weighted by Crippen LogP contribution is -1.84. The van der Waals surface area contributed by atoms with E-state index in [-0.39, 0.29) is 0 Å². The van der Waals surface area contributed by atoms with E-state index in [0.717, 1.165) is 5.75 Å². The van der Waals surface area contributed by atoms with E-state index in [1.807, 2.05) is 0 Å². The van der Waals surface area contributed by atoms with Crippen molar-refractivity contribution in [3.05, 3.63) is 12.2 Å². The van der Waals surface area contributed by atoms with Crippen LogP contribution < -0.4 is 0 Å². The molecule has 1 radical (unpaired) electrons. The lowest BCUT2D eigenvalue weighted by atomic mass is 10.1. The zero-order valence-corrected chi connectivity index (χ0v) is 16.3. The highest BCUT2D eigenvalue weighted by Crippen LogP contribution is 2.26. The molecule has 0 aromatic carbocycles. The Morgan fingerprint density at radius 1 is 0.619 bits per heavy atom. The fraction of sp³-hybridized carbons (Fsp3) is 0.895. The van der Waals surface area contributed by atoms with Crippen molar-refractivity contribution in [2.24, 2.45) is 0 Å². The van der Waals surface area contributed by atoms with Gasteiger partial charge < -0.3 is 0 Å². The zero-order valence-electron chi connectivity index (χ0n) is 14.6. The number of hydrogen-bond donors (Lipinski definition) is 0. The second-order valence-corrected chi connectivity index (χ2v) is 9.46. The monoisotopic (exact) mass is 329 g/mol. The molecule has 0 fully saturated rings. The molecule has 0 amide bonds. The SMILES string of the molecule is CP(C)CCCCCCCC/C=C\CCCCCCC[S].